The van der Waals surface area contributed by atoms with Crippen LogP contribution >= 0.6 is 0 Å². The molecule has 28 heavy (non-hydrogen) atoms. The van der Waals surface area contributed by atoms with Gasteiger partial charge in [0, 0.05) is 25.2 Å². The average Bonchev–Trinajstić information content (AvgIpc) is 2.96. The van der Waals surface area contributed by atoms with Crippen LogP contribution in [0.2, 0.25) is 0 Å². The van der Waals surface area contributed by atoms with Crippen molar-refractivity contribution in [2.75, 3.05) is 21.3 Å². The quantitative estimate of drug-likeness (QED) is 0.669. The van der Waals surface area contributed by atoms with Crippen molar-refractivity contribution >= 4 is 16.9 Å². The number of nitrogens with zero attached hydrogens (tertiary/aromatic N) is 2. The maximum atomic E-state index is 12.5. The predicted molar refractivity (Wildman–Crippen MR) is 105 cm³/mol. The van der Waals surface area contributed by atoms with E-state index in [1.807, 2.05) is 24.3 Å². The predicted octanol–water partition coefficient (Wildman–Crippen LogP) is 1.68. The number of fused-ring (bicyclic) bond motifs is 1. The van der Waals surface area contributed by atoms with E-state index in [-0.39, 0.29) is 24.7 Å². The van der Waals surface area contributed by atoms with E-state index in [2.05, 4.69) is 5.32 Å². The smallest absolute Gasteiger partial charge is 0.329 e. The molecule has 8 heteroatoms. The third kappa shape index (κ3) is 3.53. The number of ether oxygens (including phenoxy) is 3. The van der Waals surface area contributed by atoms with E-state index in [4.69, 9.17) is 14.2 Å². The monoisotopic (exact) mass is 385 g/mol. The first-order valence-electron chi connectivity index (χ1n) is 8.70. The normalized spacial score (nSPS) is 10.7. The van der Waals surface area contributed by atoms with Gasteiger partial charge in [-0.05, 0) is 18.2 Å². The number of hydrogen-bond acceptors (Lipinski definition) is 5. The molecule has 0 saturated heterocycles. The standard InChI is InChI=1S/C20H23N3O5/c1-22-14-7-5-6-8-15(14)23(20(22)25)12-19(24)21-11-13-9-17(27-3)18(28-4)10-16(13)26-2/h5-10H,11-12H2,1-4H3,(H,21,24). The minimum absolute atomic E-state index is 0.0736. The van der Waals surface area contributed by atoms with Crippen molar-refractivity contribution in [3.8, 4) is 17.2 Å². The maximum Gasteiger partial charge on any atom is 0.329 e. The van der Waals surface area contributed by atoms with Gasteiger partial charge >= 0.3 is 5.69 Å². The van der Waals surface area contributed by atoms with Gasteiger partial charge in [-0.1, -0.05) is 12.1 Å². The van der Waals surface area contributed by atoms with Crippen molar-refractivity contribution in [2.24, 2.45) is 7.05 Å². The number of methoxy groups -OCH3 is 3. The molecule has 0 bridgehead atoms. The number of hydrogen-bond donors (Lipinski definition) is 1. The molecule has 3 aromatic rings. The van der Waals surface area contributed by atoms with E-state index in [1.165, 1.54) is 9.13 Å². The highest BCUT2D eigenvalue weighted by Gasteiger charge is 2.15. The molecule has 1 amide bonds. The zero-order valence-corrected chi connectivity index (χ0v) is 16.3. The molecule has 0 aliphatic heterocycles. The Bertz CT molecular complexity index is 1070. The zero-order valence-electron chi connectivity index (χ0n) is 16.3. The minimum atomic E-state index is -0.282. The number of carbonyl (C=O) groups excluding carboxylic acids is 1. The van der Waals surface area contributed by atoms with Gasteiger partial charge in [0.25, 0.3) is 0 Å². The Balaban J connectivity index is 1.79. The molecule has 148 valence electrons. The molecule has 0 saturated carbocycles. The fourth-order valence-corrected chi connectivity index (χ4v) is 3.14. The molecule has 2 aromatic carbocycles. The number of carbonyl (C=O) groups is 1. The summed E-state index contributed by atoms with van der Waals surface area (Å²) in [6.45, 7) is 0.150. The van der Waals surface area contributed by atoms with Gasteiger partial charge in [0.15, 0.2) is 11.5 Å². The third-order valence-electron chi connectivity index (χ3n) is 4.62. The molecule has 0 unspecified atom stereocenters. The Morgan fingerprint density at radius 1 is 0.964 bits per heavy atom. The van der Waals surface area contributed by atoms with Crippen molar-refractivity contribution in [2.45, 2.75) is 13.1 Å². The highest BCUT2D eigenvalue weighted by atomic mass is 16.5. The van der Waals surface area contributed by atoms with Gasteiger partial charge in [-0.3, -0.25) is 13.9 Å². The van der Waals surface area contributed by atoms with E-state index < -0.39 is 0 Å². The van der Waals surface area contributed by atoms with Crippen LogP contribution in [0.15, 0.2) is 41.2 Å². The van der Waals surface area contributed by atoms with Crippen LogP contribution in [0, 0.1) is 0 Å². The lowest BCUT2D eigenvalue weighted by Gasteiger charge is -2.14. The number of aryl methyl sites for hydroxylation is 1. The van der Waals surface area contributed by atoms with Crippen LogP contribution in [0.3, 0.4) is 0 Å². The summed E-state index contributed by atoms with van der Waals surface area (Å²) in [5.41, 5.74) is 1.99. The number of aromatic nitrogens is 2. The number of nitrogens with one attached hydrogen (secondary N) is 1. The van der Waals surface area contributed by atoms with E-state index in [0.717, 1.165) is 11.1 Å². The summed E-state index contributed by atoms with van der Waals surface area (Å²) in [4.78, 5) is 24.9. The average molecular weight is 385 g/mol. The fourth-order valence-electron chi connectivity index (χ4n) is 3.14. The third-order valence-corrected chi connectivity index (χ3v) is 4.62. The SMILES string of the molecule is COc1cc(OC)c(OC)cc1CNC(=O)Cn1c(=O)n(C)c2ccccc21. The van der Waals surface area contributed by atoms with Crippen molar-refractivity contribution < 1.29 is 19.0 Å². The molecule has 0 radical (unpaired) electrons. The molecule has 0 aliphatic carbocycles. The fraction of sp³-hybridized carbons (Fsp3) is 0.300. The van der Waals surface area contributed by atoms with E-state index in [0.29, 0.717) is 22.8 Å². The lowest BCUT2D eigenvalue weighted by Crippen LogP contribution is -2.32. The Labute approximate surface area is 162 Å². The van der Waals surface area contributed by atoms with Gasteiger partial charge in [0.05, 0.1) is 32.4 Å². The van der Waals surface area contributed by atoms with Gasteiger partial charge in [0.2, 0.25) is 5.91 Å². The van der Waals surface area contributed by atoms with Crippen LogP contribution in [0.25, 0.3) is 11.0 Å². The van der Waals surface area contributed by atoms with E-state index >= 15 is 0 Å². The summed E-state index contributed by atoms with van der Waals surface area (Å²) < 4.78 is 18.9. The summed E-state index contributed by atoms with van der Waals surface area (Å²) in [6.07, 6.45) is 0. The highest BCUT2D eigenvalue weighted by molar-refractivity contribution is 5.81. The van der Waals surface area contributed by atoms with Crippen LogP contribution in [0.1, 0.15) is 5.56 Å². The van der Waals surface area contributed by atoms with Crippen LogP contribution in [0.5, 0.6) is 17.2 Å². The van der Waals surface area contributed by atoms with Crippen LogP contribution in [-0.4, -0.2) is 36.4 Å². The number of imidazole rings is 1. The molecule has 0 atom stereocenters. The number of benzene rings is 2. The van der Waals surface area contributed by atoms with Gasteiger partial charge in [-0.15, -0.1) is 0 Å². The molecule has 1 N–H and O–H groups in total. The van der Waals surface area contributed by atoms with Crippen LogP contribution in [-0.2, 0) is 24.9 Å². The molecule has 0 aliphatic rings. The first-order chi connectivity index (χ1) is 13.5. The molecule has 8 nitrogen and oxygen atoms in total. The molecule has 1 heterocycles. The molecular formula is C20H23N3O5. The zero-order chi connectivity index (χ0) is 20.3. The molecule has 0 fully saturated rings. The lowest BCUT2D eigenvalue weighted by molar-refractivity contribution is -0.121. The summed E-state index contributed by atoms with van der Waals surface area (Å²) in [7, 11) is 6.32. The molecular weight excluding hydrogens is 362 g/mol. The van der Waals surface area contributed by atoms with Crippen LogP contribution < -0.4 is 25.2 Å². The molecule has 1 aromatic heterocycles. The Morgan fingerprint density at radius 3 is 2.21 bits per heavy atom. The van der Waals surface area contributed by atoms with Crippen molar-refractivity contribution in [3.05, 3.63) is 52.4 Å². The van der Waals surface area contributed by atoms with Crippen molar-refractivity contribution in [3.63, 3.8) is 0 Å². The van der Waals surface area contributed by atoms with Gasteiger partial charge in [-0.2, -0.15) is 0 Å². The second-order valence-corrected chi connectivity index (χ2v) is 6.21. The Morgan fingerprint density at radius 2 is 1.57 bits per heavy atom. The topological polar surface area (TPSA) is 83.7 Å². The van der Waals surface area contributed by atoms with E-state index in [1.54, 1.807) is 40.5 Å². The Hall–Kier alpha value is -3.42. The van der Waals surface area contributed by atoms with Crippen molar-refractivity contribution in [1.29, 1.82) is 0 Å². The van der Waals surface area contributed by atoms with Gasteiger partial charge in [0.1, 0.15) is 12.3 Å². The first-order valence-corrected chi connectivity index (χ1v) is 8.70. The van der Waals surface area contributed by atoms with Gasteiger partial charge in [-0.25, -0.2) is 4.79 Å². The minimum Gasteiger partial charge on any atom is -0.496 e. The number of amides is 1. The van der Waals surface area contributed by atoms with E-state index in [9.17, 15) is 9.59 Å². The summed E-state index contributed by atoms with van der Waals surface area (Å²) in [5, 5.41) is 2.83. The number of rotatable bonds is 7. The second kappa shape index (κ2) is 8.08. The van der Waals surface area contributed by atoms with Crippen molar-refractivity contribution in [1.82, 2.24) is 14.5 Å². The van der Waals surface area contributed by atoms with Crippen LogP contribution in [0.4, 0.5) is 0 Å². The largest absolute Gasteiger partial charge is 0.496 e. The Kier molecular flexibility index (Phi) is 5.58. The molecule has 0 spiro atoms. The summed E-state index contributed by atoms with van der Waals surface area (Å²) in [5.74, 6) is 1.37. The second-order valence-electron chi connectivity index (χ2n) is 6.21. The molecule has 3 rings (SSSR count). The van der Waals surface area contributed by atoms with Gasteiger partial charge < -0.3 is 19.5 Å². The summed E-state index contributed by atoms with van der Waals surface area (Å²) >= 11 is 0. The maximum absolute atomic E-state index is 12.5. The highest BCUT2D eigenvalue weighted by Crippen LogP contribution is 2.34. The first kappa shape index (κ1) is 19.3. The summed E-state index contributed by atoms with van der Waals surface area (Å²) in [6, 6.07) is 10.8. The number of para-hydroxylation sites is 2. The lowest BCUT2D eigenvalue weighted by atomic mass is 10.1.